The summed E-state index contributed by atoms with van der Waals surface area (Å²) in [5.41, 5.74) is 6.14. The fourth-order valence-electron chi connectivity index (χ4n) is 5.19. The summed E-state index contributed by atoms with van der Waals surface area (Å²) in [5, 5.41) is 3.62. The molecule has 0 aliphatic carbocycles. The first-order chi connectivity index (χ1) is 17.1. The van der Waals surface area contributed by atoms with E-state index in [1.54, 1.807) is 18.2 Å². The van der Waals surface area contributed by atoms with Gasteiger partial charge in [-0.3, -0.25) is 9.52 Å². The first-order valence-corrected chi connectivity index (χ1v) is 13.9. The van der Waals surface area contributed by atoms with Crippen molar-refractivity contribution in [2.45, 2.75) is 51.2 Å². The van der Waals surface area contributed by atoms with Gasteiger partial charge in [0.1, 0.15) is 0 Å². The Labute approximate surface area is 213 Å². The van der Waals surface area contributed by atoms with E-state index in [4.69, 9.17) is 4.74 Å². The highest BCUT2D eigenvalue weighted by atomic mass is 32.2. The highest BCUT2D eigenvalue weighted by molar-refractivity contribution is 7.92. The predicted octanol–water partition coefficient (Wildman–Crippen LogP) is 6.19. The number of nitrogens with one attached hydrogen (secondary N) is 2. The molecule has 2 N–H and O–H groups in total. The van der Waals surface area contributed by atoms with Crippen molar-refractivity contribution in [1.82, 2.24) is 0 Å². The molecule has 0 spiro atoms. The molecular weight excluding hydrogens is 472 g/mol. The Morgan fingerprint density at radius 1 is 1.03 bits per heavy atom. The maximum Gasteiger partial charge on any atom is 0.261 e. The molecule has 3 aromatic carbocycles. The van der Waals surface area contributed by atoms with E-state index in [-0.39, 0.29) is 34.7 Å². The number of ether oxygens (including phenoxy) is 1. The van der Waals surface area contributed by atoms with Gasteiger partial charge in [-0.15, -0.1) is 0 Å². The molecule has 188 valence electrons. The standard InChI is InChI=1S/C29H32N2O4S/c1-17(2)28(32)21-7-5-6-20(15-21)27-24-12-13-35-29(24)25-16-23(10-11-26(25)30-27)36(33,34)31-22-9-8-18(3)19(4)14-22/h5-11,14-17,24,27,29-31H,12-13H2,1-4H3/t24-,27?,29?/m0/s1. The molecule has 0 bridgehead atoms. The molecule has 1 saturated heterocycles. The third kappa shape index (κ3) is 4.53. The van der Waals surface area contributed by atoms with E-state index in [1.807, 2.05) is 70.2 Å². The lowest BCUT2D eigenvalue weighted by Crippen LogP contribution is -2.29. The summed E-state index contributed by atoms with van der Waals surface area (Å²) in [6.45, 7) is 8.38. The van der Waals surface area contributed by atoms with Crippen molar-refractivity contribution in [3.05, 3.63) is 88.5 Å². The van der Waals surface area contributed by atoms with Gasteiger partial charge in [0.15, 0.2) is 5.78 Å². The highest BCUT2D eigenvalue weighted by Gasteiger charge is 2.42. The van der Waals surface area contributed by atoms with Crippen LogP contribution < -0.4 is 10.0 Å². The molecule has 3 atom stereocenters. The number of benzene rings is 3. The SMILES string of the molecule is Cc1ccc(NS(=O)(=O)c2ccc3c(c2)C2OCC[C@H]2C(c2cccc(C(=O)C(C)C)c2)N3)cc1C. The topological polar surface area (TPSA) is 84.5 Å². The van der Waals surface area contributed by atoms with E-state index in [0.29, 0.717) is 17.9 Å². The van der Waals surface area contributed by atoms with E-state index in [1.165, 1.54) is 0 Å². The normalized spacial score (nSPS) is 21.0. The zero-order chi connectivity index (χ0) is 25.6. The highest BCUT2D eigenvalue weighted by Crippen LogP contribution is 2.50. The average Bonchev–Trinajstić information content (AvgIpc) is 3.35. The van der Waals surface area contributed by atoms with Gasteiger partial charge < -0.3 is 10.1 Å². The Morgan fingerprint density at radius 3 is 2.58 bits per heavy atom. The van der Waals surface area contributed by atoms with Gasteiger partial charge in [0.2, 0.25) is 0 Å². The van der Waals surface area contributed by atoms with Gasteiger partial charge in [-0.05, 0) is 73.4 Å². The lowest BCUT2D eigenvalue weighted by Gasteiger charge is -2.37. The fraction of sp³-hybridized carbons (Fsp3) is 0.345. The van der Waals surface area contributed by atoms with Crippen molar-refractivity contribution in [1.29, 1.82) is 0 Å². The molecule has 3 aromatic rings. The van der Waals surface area contributed by atoms with Crippen LogP contribution in [0, 0.1) is 25.7 Å². The number of ketones is 1. The Morgan fingerprint density at radius 2 is 1.83 bits per heavy atom. The van der Waals surface area contributed by atoms with Crippen molar-refractivity contribution < 1.29 is 17.9 Å². The second-order valence-electron chi connectivity index (χ2n) is 10.2. The molecule has 2 heterocycles. The number of Topliss-reactive ketones (excluding diaryl/α,β-unsaturated/α-hetero) is 1. The largest absolute Gasteiger partial charge is 0.378 e. The lowest BCUT2D eigenvalue weighted by atomic mass is 9.80. The molecule has 2 aliphatic rings. The van der Waals surface area contributed by atoms with Crippen LogP contribution >= 0.6 is 0 Å². The van der Waals surface area contributed by atoms with E-state index >= 15 is 0 Å². The Balaban J connectivity index is 1.46. The zero-order valence-corrected chi connectivity index (χ0v) is 21.9. The first kappa shape index (κ1) is 24.5. The molecule has 2 aliphatic heterocycles. The van der Waals surface area contributed by atoms with Gasteiger partial charge in [0, 0.05) is 40.9 Å². The third-order valence-electron chi connectivity index (χ3n) is 7.33. The molecule has 0 amide bonds. The smallest absolute Gasteiger partial charge is 0.261 e. The van der Waals surface area contributed by atoms with Crippen molar-refractivity contribution in [2.24, 2.45) is 11.8 Å². The molecule has 6 nitrogen and oxygen atoms in total. The molecule has 1 fully saturated rings. The molecule has 36 heavy (non-hydrogen) atoms. The van der Waals surface area contributed by atoms with Crippen molar-refractivity contribution in [2.75, 3.05) is 16.6 Å². The lowest BCUT2D eigenvalue weighted by molar-refractivity contribution is 0.0827. The van der Waals surface area contributed by atoms with Gasteiger partial charge in [0.05, 0.1) is 17.0 Å². The Kier molecular flexibility index (Phi) is 6.39. The second kappa shape index (κ2) is 9.37. The molecule has 0 saturated carbocycles. The maximum atomic E-state index is 13.2. The van der Waals surface area contributed by atoms with E-state index in [2.05, 4.69) is 10.0 Å². The molecule has 7 heteroatoms. The van der Waals surface area contributed by atoms with Crippen LogP contribution in [0.25, 0.3) is 0 Å². The first-order valence-electron chi connectivity index (χ1n) is 12.4. The summed E-state index contributed by atoms with van der Waals surface area (Å²) >= 11 is 0. The maximum absolute atomic E-state index is 13.2. The number of sulfonamides is 1. The van der Waals surface area contributed by atoms with Gasteiger partial charge in [-0.25, -0.2) is 8.42 Å². The number of anilines is 2. The van der Waals surface area contributed by atoms with E-state index < -0.39 is 10.0 Å². The summed E-state index contributed by atoms with van der Waals surface area (Å²) in [6, 6.07) is 18.5. The average molecular weight is 505 g/mol. The van der Waals surface area contributed by atoms with Crippen molar-refractivity contribution in [3.8, 4) is 0 Å². The number of hydrogen-bond acceptors (Lipinski definition) is 5. The number of carbonyl (C=O) groups is 1. The Bertz CT molecular complexity index is 1430. The summed E-state index contributed by atoms with van der Waals surface area (Å²) < 4.78 is 35.3. The van der Waals surface area contributed by atoms with Crippen LogP contribution in [0.5, 0.6) is 0 Å². The van der Waals surface area contributed by atoms with Gasteiger partial charge in [-0.2, -0.15) is 0 Å². The minimum absolute atomic E-state index is 0.0268. The third-order valence-corrected chi connectivity index (χ3v) is 8.71. The van der Waals surface area contributed by atoms with Crippen LogP contribution in [-0.4, -0.2) is 20.8 Å². The molecular formula is C29H32N2O4S. The second-order valence-corrected chi connectivity index (χ2v) is 11.8. The number of aryl methyl sites for hydroxylation is 2. The summed E-state index contributed by atoms with van der Waals surface area (Å²) in [5.74, 6) is 0.187. The van der Waals surface area contributed by atoms with Crippen LogP contribution in [-0.2, 0) is 14.8 Å². The number of hydrogen-bond donors (Lipinski definition) is 2. The number of carbonyl (C=O) groups excluding carboxylic acids is 1. The van der Waals surface area contributed by atoms with Gasteiger partial charge in [0.25, 0.3) is 10.0 Å². The molecule has 0 aromatic heterocycles. The molecule has 2 unspecified atom stereocenters. The summed E-state index contributed by atoms with van der Waals surface area (Å²) in [6.07, 6.45) is 0.634. The molecule has 5 rings (SSSR count). The quantitative estimate of drug-likeness (QED) is 0.391. The van der Waals surface area contributed by atoms with E-state index in [9.17, 15) is 13.2 Å². The number of fused-ring (bicyclic) bond motifs is 3. The monoisotopic (exact) mass is 504 g/mol. The fourth-order valence-corrected chi connectivity index (χ4v) is 6.27. The van der Waals surface area contributed by atoms with Crippen LogP contribution in [0.4, 0.5) is 11.4 Å². The van der Waals surface area contributed by atoms with Crippen LogP contribution in [0.1, 0.15) is 65.0 Å². The summed E-state index contributed by atoms with van der Waals surface area (Å²) in [4.78, 5) is 12.8. The van der Waals surface area contributed by atoms with Crippen LogP contribution in [0.2, 0.25) is 0 Å². The Hall–Kier alpha value is -3.16. The minimum atomic E-state index is -3.76. The zero-order valence-electron chi connectivity index (χ0n) is 21.0. The molecule has 0 radical (unpaired) electrons. The van der Waals surface area contributed by atoms with Crippen molar-refractivity contribution >= 4 is 27.2 Å². The summed E-state index contributed by atoms with van der Waals surface area (Å²) in [7, 11) is -3.76. The van der Waals surface area contributed by atoms with E-state index in [0.717, 1.165) is 34.4 Å². The number of rotatable bonds is 6. The van der Waals surface area contributed by atoms with Crippen LogP contribution in [0.3, 0.4) is 0 Å². The van der Waals surface area contributed by atoms with Crippen molar-refractivity contribution in [3.63, 3.8) is 0 Å². The predicted molar refractivity (Wildman–Crippen MR) is 142 cm³/mol. The van der Waals surface area contributed by atoms with Gasteiger partial charge >= 0.3 is 0 Å². The van der Waals surface area contributed by atoms with Crippen LogP contribution in [0.15, 0.2) is 65.6 Å². The van der Waals surface area contributed by atoms with Gasteiger partial charge in [-0.1, -0.05) is 38.1 Å². The minimum Gasteiger partial charge on any atom is -0.378 e.